The van der Waals surface area contributed by atoms with Gasteiger partial charge in [-0.05, 0) is 30.6 Å². The van der Waals surface area contributed by atoms with Gasteiger partial charge in [0.25, 0.3) is 0 Å². The van der Waals surface area contributed by atoms with Crippen LogP contribution in [-0.4, -0.2) is 47.7 Å². The van der Waals surface area contributed by atoms with E-state index in [1.807, 2.05) is 0 Å². The number of carboxylic acid groups (broad SMARTS) is 1. The third-order valence-corrected chi connectivity index (χ3v) is 4.23. The highest BCUT2D eigenvalue weighted by atomic mass is 16.6. The molecule has 2 aliphatic carbocycles. The predicted octanol–water partition coefficient (Wildman–Crippen LogP) is 0.434. The van der Waals surface area contributed by atoms with Gasteiger partial charge in [-0.15, -0.1) is 11.8 Å². The first-order chi connectivity index (χ1) is 10.5. The molecular weight excluding hydrogens is 288 g/mol. The third-order valence-electron chi connectivity index (χ3n) is 4.23. The van der Waals surface area contributed by atoms with Crippen LogP contribution in [0, 0.1) is 29.6 Å². The number of carbonyl (C=O) groups is 3. The van der Waals surface area contributed by atoms with Crippen LogP contribution in [0.1, 0.15) is 25.7 Å². The van der Waals surface area contributed by atoms with Crippen molar-refractivity contribution in [3.8, 4) is 11.8 Å². The normalized spacial score (nSPS) is 25.6. The highest BCUT2D eigenvalue weighted by Crippen LogP contribution is 2.52. The van der Waals surface area contributed by atoms with Gasteiger partial charge in [-0.2, -0.15) is 0 Å². The Balaban J connectivity index is 1.84. The van der Waals surface area contributed by atoms with E-state index in [0.717, 1.165) is 25.7 Å². The smallest absolute Gasteiger partial charge is 0.417 e. The number of nitrogens with two attached hydrogens (primary N) is 1. The van der Waals surface area contributed by atoms with E-state index < -0.39 is 31.1 Å². The number of amides is 2. The highest BCUT2D eigenvalue weighted by molar-refractivity contribution is 5.95. The fourth-order valence-electron chi connectivity index (χ4n) is 3.03. The zero-order chi connectivity index (χ0) is 16.1. The predicted molar refractivity (Wildman–Crippen MR) is 76.5 cm³/mol. The van der Waals surface area contributed by atoms with E-state index in [4.69, 9.17) is 15.6 Å². The molecule has 0 aromatic carbocycles. The molecule has 2 atom stereocenters. The molecule has 2 amide bonds. The molecule has 7 nitrogen and oxygen atoms in total. The molecule has 22 heavy (non-hydrogen) atoms. The molecule has 0 heterocycles. The topological polar surface area (TPSA) is 110 Å². The summed E-state index contributed by atoms with van der Waals surface area (Å²) in [5.74, 6) is 5.47. The van der Waals surface area contributed by atoms with Crippen molar-refractivity contribution in [3.63, 3.8) is 0 Å². The Morgan fingerprint density at radius 3 is 2.27 bits per heavy atom. The Morgan fingerprint density at radius 1 is 1.18 bits per heavy atom. The van der Waals surface area contributed by atoms with Crippen molar-refractivity contribution < 1.29 is 24.2 Å². The summed E-state index contributed by atoms with van der Waals surface area (Å²) >= 11 is 0. The summed E-state index contributed by atoms with van der Waals surface area (Å²) in [6.07, 6.45) is 2.79. The molecule has 2 rings (SSSR count). The van der Waals surface area contributed by atoms with Crippen molar-refractivity contribution >= 4 is 18.0 Å². The van der Waals surface area contributed by atoms with Gasteiger partial charge in [0, 0.05) is 12.8 Å². The molecule has 1 fully saturated rings. The van der Waals surface area contributed by atoms with Crippen molar-refractivity contribution in [3.05, 3.63) is 0 Å². The molecule has 120 valence electrons. The van der Waals surface area contributed by atoms with Crippen molar-refractivity contribution in [2.24, 2.45) is 23.5 Å². The second-order valence-electron chi connectivity index (χ2n) is 5.58. The van der Waals surface area contributed by atoms with Crippen LogP contribution < -0.4 is 5.73 Å². The van der Waals surface area contributed by atoms with Gasteiger partial charge in [0.2, 0.25) is 5.91 Å². The molecule has 0 bridgehead atoms. The zero-order valence-corrected chi connectivity index (χ0v) is 12.3. The van der Waals surface area contributed by atoms with E-state index in [1.54, 1.807) is 0 Å². The maximum absolute atomic E-state index is 11.9. The van der Waals surface area contributed by atoms with E-state index in [0.29, 0.717) is 16.7 Å². The Kier molecular flexibility index (Phi) is 5.39. The van der Waals surface area contributed by atoms with Crippen molar-refractivity contribution in [2.45, 2.75) is 25.7 Å². The van der Waals surface area contributed by atoms with E-state index in [9.17, 15) is 14.4 Å². The second kappa shape index (κ2) is 7.27. The lowest BCUT2D eigenvalue weighted by Crippen LogP contribution is -2.44. The lowest BCUT2D eigenvalue weighted by Gasteiger charge is -2.17. The summed E-state index contributed by atoms with van der Waals surface area (Å²) in [6.45, 7) is -0.962. The van der Waals surface area contributed by atoms with E-state index in [2.05, 4.69) is 11.8 Å². The number of ether oxygens (including phenoxy) is 1. The van der Waals surface area contributed by atoms with Crippen LogP contribution >= 0.6 is 0 Å². The minimum absolute atomic E-state index is 0.210. The number of aliphatic carboxylic acids is 1. The van der Waals surface area contributed by atoms with Crippen molar-refractivity contribution in [2.75, 3.05) is 19.7 Å². The van der Waals surface area contributed by atoms with Crippen LogP contribution in [-0.2, 0) is 14.3 Å². The summed E-state index contributed by atoms with van der Waals surface area (Å²) in [5.41, 5.74) is 5.18. The van der Waals surface area contributed by atoms with Gasteiger partial charge < -0.3 is 15.6 Å². The van der Waals surface area contributed by atoms with Gasteiger partial charge in [0.1, 0.15) is 6.54 Å². The summed E-state index contributed by atoms with van der Waals surface area (Å²) in [5, 5.41) is 8.74. The summed E-state index contributed by atoms with van der Waals surface area (Å²) in [7, 11) is 0. The van der Waals surface area contributed by atoms with Crippen LogP contribution in [0.25, 0.3) is 0 Å². The van der Waals surface area contributed by atoms with Gasteiger partial charge in [0.15, 0.2) is 0 Å². The van der Waals surface area contributed by atoms with Gasteiger partial charge in [-0.25, -0.2) is 9.69 Å². The van der Waals surface area contributed by atoms with E-state index >= 15 is 0 Å². The van der Waals surface area contributed by atoms with Crippen LogP contribution in [0.15, 0.2) is 0 Å². The molecule has 0 saturated heterocycles. The highest BCUT2D eigenvalue weighted by Gasteiger charge is 2.49. The Labute approximate surface area is 128 Å². The summed E-state index contributed by atoms with van der Waals surface area (Å²) < 4.78 is 5.13. The summed E-state index contributed by atoms with van der Waals surface area (Å²) in [6, 6.07) is 0. The number of imide groups is 1. The fourth-order valence-corrected chi connectivity index (χ4v) is 3.03. The van der Waals surface area contributed by atoms with Crippen molar-refractivity contribution in [1.29, 1.82) is 0 Å². The zero-order valence-electron chi connectivity index (χ0n) is 12.3. The third kappa shape index (κ3) is 3.98. The molecule has 0 aromatic heterocycles. The molecular formula is C15H20N2O5. The lowest BCUT2D eigenvalue weighted by atomic mass is 10.1. The van der Waals surface area contributed by atoms with Gasteiger partial charge >= 0.3 is 12.1 Å². The molecule has 3 N–H and O–H groups in total. The number of carbonyl (C=O) groups excluding carboxylic acids is 2. The number of carboxylic acids is 1. The molecule has 2 aliphatic rings. The maximum atomic E-state index is 11.9. The first-order valence-corrected chi connectivity index (χ1v) is 7.39. The average molecular weight is 308 g/mol. The fraction of sp³-hybridized carbons (Fsp3) is 0.667. The number of fused-ring (bicyclic) bond motifs is 1. The van der Waals surface area contributed by atoms with E-state index in [-0.39, 0.29) is 12.5 Å². The molecule has 0 aliphatic heterocycles. The molecule has 7 heteroatoms. The quantitative estimate of drug-likeness (QED) is 0.713. The van der Waals surface area contributed by atoms with E-state index in [1.165, 1.54) is 0 Å². The minimum atomic E-state index is -1.29. The monoisotopic (exact) mass is 308 g/mol. The first kappa shape index (κ1) is 16.3. The largest absolute Gasteiger partial charge is 0.480 e. The molecule has 2 unspecified atom stereocenters. The summed E-state index contributed by atoms with van der Waals surface area (Å²) in [4.78, 5) is 34.7. The number of nitrogens with zero attached hydrogens (tertiary/aromatic N) is 1. The number of hydrogen-bond donors (Lipinski definition) is 2. The molecule has 0 spiro atoms. The minimum Gasteiger partial charge on any atom is -0.480 e. The average Bonchev–Trinajstić information content (AvgIpc) is 3.10. The van der Waals surface area contributed by atoms with Gasteiger partial charge in [-0.1, -0.05) is 0 Å². The molecule has 1 saturated carbocycles. The van der Waals surface area contributed by atoms with Crippen LogP contribution in [0.3, 0.4) is 0 Å². The van der Waals surface area contributed by atoms with Gasteiger partial charge in [0.05, 0.1) is 13.2 Å². The standard InChI is InChI=1S/C15H20N2O5/c16-7-13(18)17(8-14(19)20)15(21)22-9-12-10-5-3-1-2-4-6-11(10)12/h10-12H,3-9,16H2,(H,19,20). The lowest BCUT2D eigenvalue weighted by molar-refractivity contribution is -0.142. The maximum Gasteiger partial charge on any atom is 0.417 e. The van der Waals surface area contributed by atoms with Gasteiger partial charge in [-0.3, -0.25) is 9.59 Å². The van der Waals surface area contributed by atoms with Crippen LogP contribution in [0.2, 0.25) is 0 Å². The number of rotatable bonds is 5. The number of hydrogen-bond acceptors (Lipinski definition) is 5. The molecule has 0 radical (unpaired) electrons. The van der Waals surface area contributed by atoms with Crippen LogP contribution in [0.4, 0.5) is 4.79 Å². The van der Waals surface area contributed by atoms with Crippen LogP contribution in [0.5, 0.6) is 0 Å². The Bertz CT molecular complexity index is 504. The first-order valence-electron chi connectivity index (χ1n) is 7.39. The second-order valence-corrected chi connectivity index (χ2v) is 5.58. The Morgan fingerprint density at radius 2 is 1.77 bits per heavy atom. The molecule has 0 aromatic rings. The van der Waals surface area contributed by atoms with Crippen molar-refractivity contribution in [1.82, 2.24) is 4.90 Å². The SMILES string of the molecule is NCC(=O)N(CC(=O)O)C(=O)OCC1C2CCC#CCCC21. The Hall–Kier alpha value is -2.07.